The molecule has 2 aromatic rings. The van der Waals surface area contributed by atoms with Crippen molar-refractivity contribution in [2.45, 2.75) is 45.3 Å². The van der Waals surface area contributed by atoms with Gasteiger partial charge >= 0.3 is 5.97 Å². The zero-order chi connectivity index (χ0) is 18.7. The Labute approximate surface area is 157 Å². The quantitative estimate of drug-likeness (QED) is 0.691. The second-order valence-corrected chi connectivity index (χ2v) is 7.51. The summed E-state index contributed by atoms with van der Waals surface area (Å²) in [6.07, 6.45) is 1.46. The molecule has 0 saturated heterocycles. The van der Waals surface area contributed by atoms with Gasteiger partial charge in [-0.2, -0.15) is 0 Å². The molecular weight excluding hydrogens is 354 g/mol. The third kappa shape index (κ3) is 4.68. The van der Waals surface area contributed by atoms with Crippen molar-refractivity contribution in [3.05, 3.63) is 58.1 Å². The lowest BCUT2D eigenvalue weighted by Gasteiger charge is -2.18. The fraction of sp³-hybridized carbons (Fsp3) is 0.350. The summed E-state index contributed by atoms with van der Waals surface area (Å²) < 4.78 is 6.03. The maximum absolute atomic E-state index is 10.6. The highest BCUT2D eigenvalue weighted by atomic mass is 35.5. The molecule has 3 rings (SSSR count). The molecule has 0 aliphatic carbocycles. The predicted octanol–water partition coefficient (Wildman–Crippen LogP) is 4.61. The number of halogens is 1. The van der Waals surface area contributed by atoms with Crippen LogP contribution in [0.4, 0.5) is 5.69 Å². The highest BCUT2D eigenvalue weighted by Gasteiger charge is 2.32. The van der Waals surface area contributed by atoms with E-state index in [-0.39, 0.29) is 12.0 Å². The minimum atomic E-state index is -0.796. The van der Waals surface area contributed by atoms with Gasteiger partial charge in [0.1, 0.15) is 18.0 Å². The van der Waals surface area contributed by atoms with Crippen molar-refractivity contribution < 1.29 is 19.5 Å². The van der Waals surface area contributed by atoms with Gasteiger partial charge in [0, 0.05) is 23.4 Å². The zero-order valence-electron chi connectivity index (χ0n) is 14.8. The highest BCUT2D eigenvalue weighted by molar-refractivity contribution is 6.30. The summed E-state index contributed by atoms with van der Waals surface area (Å²) in [5.74, 6) is 0.0557. The van der Waals surface area contributed by atoms with Crippen molar-refractivity contribution in [1.29, 1.82) is 0 Å². The van der Waals surface area contributed by atoms with E-state index in [2.05, 4.69) is 19.3 Å². The number of rotatable bonds is 7. The number of ether oxygens (including phenoxy) is 1. The fourth-order valence-corrected chi connectivity index (χ4v) is 3.30. The van der Waals surface area contributed by atoms with Crippen LogP contribution in [0.2, 0.25) is 5.02 Å². The van der Waals surface area contributed by atoms with Crippen molar-refractivity contribution in [3.63, 3.8) is 0 Å². The van der Waals surface area contributed by atoms with E-state index in [0.29, 0.717) is 18.1 Å². The van der Waals surface area contributed by atoms with Crippen LogP contribution in [0.1, 0.15) is 37.0 Å². The van der Waals surface area contributed by atoms with Crippen LogP contribution < -0.4 is 10.2 Å². The van der Waals surface area contributed by atoms with E-state index in [1.54, 1.807) is 0 Å². The molecule has 0 saturated carbocycles. The van der Waals surface area contributed by atoms with Gasteiger partial charge in [-0.25, -0.2) is 0 Å². The molecule has 0 spiro atoms. The highest BCUT2D eigenvalue weighted by Crippen LogP contribution is 2.39. The number of hydrogen-bond donors (Lipinski definition) is 2. The Morgan fingerprint density at radius 2 is 2.04 bits per heavy atom. The molecule has 0 radical (unpaired) electrons. The topological polar surface area (TPSA) is 67.8 Å². The summed E-state index contributed by atoms with van der Waals surface area (Å²) in [6.45, 7) is 4.42. The molecule has 1 aliphatic heterocycles. The van der Waals surface area contributed by atoms with E-state index in [1.807, 2.05) is 36.4 Å². The normalized spacial score (nSPS) is 14.6. The standard InChI is InChI=1S/C20H22ClNO4/c1-20(2)11-14-9-16(21)10-15(19(14)26-20)12-25-22-17-6-3-13(4-7-17)5-8-18(23)24/h3-4,6-7,9-10,22H,5,8,11-12H2,1-2H3,(H,23,24). The molecule has 0 bridgehead atoms. The van der Waals surface area contributed by atoms with Crippen molar-refractivity contribution >= 4 is 23.3 Å². The average Bonchev–Trinajstić information content (AvgIpc) is 2.88. The lowest BCUT2D eigenvalue weighted by atomic mass is 10.0. The first-order valence-electron chi connectivity index (χ1n) is 8.51. The van der Waals surface area contributed by atoms with Crippen LogP contribution in [0.25, 0.3) is 0 Å². The fourth-order valence-electron chi connectivity index (χ4n) is 3.04. The number of carboxylic acids is 1. The van der Waals surface area contributed by atoms with Crippen LogP contribution in [0, 0.1) is 0 Å². The third-order valence-electron chi connectivity index (χ3n) is 4.20. The molecule has 0 aromatic heterocycles. The number of anilines is 1. The first-order chi connectivity index (χ1) is 12.3. The summed E-state index contributed by atoms with van der Waals surface area (Å²) >= 11 is 6.21. The van der Waals surface area contributed by atoms with Gasteiger partial charge < -0.3 is 9.84 Å². The molecule has 6 heteroatoms. The SMILES string of the molecule is CC1(C)Cc2cc(Cl)cc(CONc3ccc(CCC(=O)O)cc3)c2O1. The van der Waals surface area contributed by atoms with Crippen molar-refractivity contribution in [2.75, 3.05) is 5.48 Å². The second-order valence-electron chi connectivity index (χ2n) is 7.07. The molecule has 0 unspecified atom stereocenters. The Bertz CT molecular complexity index is 802. The van der Waals surface area contributed by atoms with Gasteiger partial charge in [0.05, 0.1) is 5.69 Å². The summed E-state index contributed by atoms with van der Waals surface area (Å²) in [4.78, 5) is 16.2. The van der Waals surface area contributed by atoms with Crippen molar-refractivity contribution in [2.24, 2.45) is 0 Å². The van der Waals surface area contributed by atoms with Gasteiger partial charge in [-0.15, -0.1) is 0 Å². The molecular formula is C20H22ClNO4. The van der Waals surface area contributed by atoms with Crippen molar-refractivity contribution in [1.82, 2.24) is 0 Å². The monoisotopic (exact) mass is 375 g/mol. The number of carbonyl (C=O) groups is 1. The molecule has 1 aliphatic rings. The molecule has 0 amide bonds. The molecule has 5 nitrogen and oxygen atoms in total. The number of carboxylic acid groups (broad SMARTS) is 1. The van der Waals surface area contributed by atoms with Crippen LogP contribution in [-0.2, 0) is 29.1 Å². The average molecular weight is 376 g/mol. The van der Waals surface area contributed by atoms with Gasteiger partial charge in [-0.3, -0.25) is 15.1 Å². The van der Waals surface area contributed by atoms with Gasteiger partial charge in [-0.05, 0) is 55.7 Å². The maximum Gasteiger partial charge on any atom is 0.303 e. The van der Waals surface area contributed by atoms with Crippen LogP contribution in [0.3, 0.4) is 0 Å². The van der Waals surface area contributed by atoms with Gasteiger partial charge in [0.2, 0.25) is 0 Å². The molecule has 2 aromatic carbocycles. The Kier molecular flexibility index (Phi) is 5.39. The van der Waals surface area contributed by atoms with Crippen LogP contribution in [-0.4, -0.2) is 16.7 Å². The molecule has 138 valence electrons. The van der Waals surface area contributed by atoms with E-state index in [1.165, 1.54) is 0 Å². The summed E-state index contributed by atoms with van der Waals surface area (Å²) in [5, 5.41) is 9.39. The number of aryl methyl sites for hydroxylation is 1. The predicted molar refractivity (Wildman–Crippen MR) is 101 cm³/mol. The first-order valence-corrected chi connectivity index (χ1v) is 8.89. The Hall–Kier alpha value is -2.24. The summed E-state index contributed by atoms with van der Waals surface area (Å²) in [5.41, 5.74) is 6.44. The largest absolute Gasteiger partial charge is 0.487 e. The Morgan fingerprint density at radius 1 is 1.31 bits per heavy atom. The number of fused-ring (bicyclic) bond motifs is 1. The number of nitrogens with one attached hydrogen (secondary N) is 1. The molecule has 26 heavy (non-hydrogen) atoms. The number of hydrogen-bond acceptors (Lipinski definition) is 4. The van der Waals surface area contributed by atoms with E-state index in [4.69, 9.17) is 26.3 Å². The van der Waals surface area contributed by atoms with E-state index in [9.17, 15) is 4.79 Å². The van der Waals surface area contributed by atoms with Gasteiger partial charge in [0.25, 0.3) is 0 Å². The second kappa shape index (κ2) is 7.56. The molecule has 0 fully saturated rings. The molecule has 2 N–H and O–H groups in total. The molecule has 1 heterocycles. The summed E-state index contributed by atoms with van der Waals surface area (Å²) in [7, 11) is 0. The minimum Gasteiger partial charge on any atom is -0.487 e. The van der Waals surface area contributed by atoms with E-state index < -0.39 is 5.97 Å². The third-order valence-corrected chi connectivity index (χ3v) is 4.42. The maximum atomic E-state index is 10.6. The smallest absolute Gasteiger partial charge is 0.303 e. The lowest BCUT2D eigenvalue weighted by molar-refractivity contribution is -0.136. The van der Waals surface area contributed by atoms with E-state index in [0.717, 1.165) is 34.5 Å². The zero-order valence-corrected chi connectivity index (χ0v) is 15.6. The van der Waals surface area contributed by atoms with Gasteiger partial charge in [0.15, 0.2) is 0 Å². The number of benzene rings is 2. The first kappa shape index (κ1) is 18.5. The Balaban J connectivity index is 1.58. The van der Waals surface area contributed by atoms with Crippen LogP contribution in [0.5, 0.6) is 5.75 Å². The van der Waals surface area contributed by atoms with Crippen molar-refractivity contribution in [3.8, 4) is 5.75 Å². The summed E-state index contributed by atoms with van der Waals surface area (Å²) in [6, 6.07) is 11.3. The molecule has 0 atom stereocenters. The Morgan fingerprint density at radius 3 is 2.73 bits per heavy atom. The van der Waals surface area contributed by atoms with Crippen LogP contribution >= 0.6 is 11.6 Å². The van der Waals surface area contributed by atoms with Crippen LogP contribution in [0.15, 0.2) is 36.4 Å². The van der Waals surface area contributed by atoms with E-state index >= 15 is 0 Å². The minimum absolute atomic E-state index is 0.125. The lowest BCUT2D eigenvalue weighted by Crippen LogP contribution is -2.24. The van der Waals surface area contributed by atoms with Gasteiger partial charge in [-0.1, -0.05) is 23.7 Å². The number of aliphatic carboxylic acids is 1.